The third-order valence-corrected chi connectivity index (χ3v) is 11.0. The van der Waals surface area contributed by atoms with E-state index in [0.29, 0.717) is 35.5 Å². The number of guanidine groups is 1. The number of amidine groups is 1. The molecule has 7 rings (SSSR count). The zero-order chi connectivity index (χ0) is 41.0. The number of benzene rings is 3. The van der Waals surface area contributed by atoms with Crippen molar-refractivity contribution in [2.75, 3.05) is 38.0 Å². The predicted molar refractivity (Wildman–Crippen MR) is 230 cm³/mol. The van der Waals surface area contributed by atoms with Gasteiger partial charge in [-0.3, -0.25) is 0 Å². The molecule has 0 radical (unpaired) electrons. The van der Waals surface area contributed by atoms with Crippen LogP contribution in [0.15, 0.2) is 70.6 Å². The number of aliphatic imine (C=N–C) groups is 2. The summed E-state index contributed by atoms with van der Waals surface area (Å²) < 4.78 is 29.9. The van der Waals surface area contributed by atoms with Crippen molar-refractivity contribution in [3.05, 3.63) is 70.7 Å². The van der Waals surface area contributed by atoms with Gasteiger partial charge in [-0.05, 0) is 128 Å². The van der Waals surface area contributed by atoms with Crippen molar-refractivity contribution in [1.29, 1.82) is 0 Å². The molecule has 4 aliphatic heterocycles. The third kappa shape index (κ3) is 11.4. The SMILES string of the molecule is CC(C)(C)OC(=O)N1CCCC(Oc2ccc(B3OC(C)(C)C(C)(C)O3)cc2)C1.NC1=NCC(Nc2cc(Cl)c(-c3ccc(OC4CCCNC4)cc3)c(Cl)c2)=N1. The van der Waals surface area contributed by atoms with Crippen LogP contribution < -0.4 is 31.3 Å². The summed E-state index contributed by atoms with van der Waals surface area (Å²) in [4.78, 5) is 22.2. The van der Waals surface area contributed by atoms with Gasteiger partial charge in [-0.1, -0.05) is 47.5 Å². The first-order valence-electron chi connectivity index (χ1n) is 19.7. The fourth-order valence-corrected chi connectivity index (χ4v) is 7.44. The molecule has 306 valence electrons. The molecule has 57 heavy (non-hydrogen) atoms. The Bertz CT molecular complexity index is 1890. The molecule has 0 aliphatic carbocycles. The second-order valence-corrected chi connectivity index (χ2v) is 17.6. The van der Waals surface area contributed by atoms with E-state index in [2.05, 4.69) is 20.6 Å². The third-order valence-electron chi connectivity index (χ3n) is 10.4. The number of nitrogens with two attached hydrogens (primary N) is 1. The van der Waals surface area contributed by atoms with Crippen molar-refractivity contribution < 1.29 is 28.3 Å². The number of anilines is 1. The molecular weight excluding hydrogens is 766 g/mol. The number of hydrogen-bond acceptors (Lipinski definition) is 11. The van der Waals surface area contributed by atoms with E-state index < -0.39 is 5.60 Å². The molecule has 3 aromatic carbocycles. The Morgan fingerprint density at radius 1 is 0.930 bits per heavy atom. The number of ether oxygens (including phenoxy) is 3. The Morgan fingerprint density at radius 2 is 1.53 bits per heavy atom. The van der Waals surface area contributed by atoms with Crippen LogP contribution in [-0.2, 0) is 14.0 Å². The molecule has 3 saturated heterocycles. The number of likely N-dealkylation sites (tertiary alicyclic amines) is 1. The smallest absolute Gasteiger partial charge is 0.489 e. The number of amides is 1. The first-order chi connectivity index (χ1) is 26.9. The van der Waals surface area contributed by atoms with Gasteiger partial charge in [0.1, 0.15) is 41.7 Å². The number of carbonyl (C=O) groups excluding carboxylic acids is 1. The monoisotopic (exact) mass is 820 g/mol. The lowest BCUT2D eigenvalue weighted by Crippen LogP contribution is -2.46. The maximum atomic E-state index is 12.3. The average molecular weight is 822 g/mol. The minimum atomic E-state index is -0.492. The summed E-state index contributed by atoms with van der Waals surface area (Å²) in [5.74, 6) is 2.56. The van der Waals surface area contributed by atoms with Crippen molar-refractivity contribution in [1.82, 2.24) is 10.2 Å². The summed E-state index contributed by atoms with van der Waals surface area (Å²) in [7, 11) is -0.383. The lowest BCUT2D eigenvalue weighted by atomic mass is 9.79. The van der Waals surface area contributed by atoms with E-state index >= 15 is 0 Å². The molecule has 0 bridgehead atoms. The van der Waals surface area contributed by atoms with Gasteiger partial charge < -0.3 is 44.8 Å². The van der Waals surface area contributed by atoms with Crippen LogP contribution in [-0.4, -0.2) is 91.6 Å². The van der Waals surface area contributed by atoms with Gasteiger partial charge in [0, 0.05) is 24.3 Å². The molecule has 2 unspecified atom stereocenters. The highest BCUT2D eigenvalue weighted by atomic mass is 35.5. The number of piperidine rings is 2. The Kier molecular flexibility index (Phi) is 13.4. The van der Waals surface area contributed by atoms with Crippen LogP contribution in [0, 0.1) is 0 Å². The zero-order valence-corrected chi connectivity index (χ0v) is 35.5. The highest BCUT2D eigenvalue weighted by molar-refractivity contribution is 6.62. The van der Waals surface area contributed by atoms with Crippen LogP contribution in [0.3, 0.4) is 0 Å². The molecule has 4 heterocycles. The van der Waals surface area contributed by atoms with Gasteiger partial charge in [-0.15, -0.1) is 0 Å². The van der Waals surface area contributed by atoms with E-state index in [-0.39, 0.29) is 42.6 Å². The molecule has 3 aromatic rings. The molecule has 0 aromatic heterocycles. The van der Waals surface area contributed by atoms with Gasteiger partial charge in [0.05, 0.1) is 27.8 Å². The lowest BCUT2D eigenvalue weighted by molar-refractivity contribution is 0.00578. The maximum absolute atomic E-state index is 12.3. The minimum absolute atomic E-state index is 0.0426. The van der Waals surface area contributed by atoms with E-state index in [0.717, 1.165) is 72.5 Å². The molecule has 0 saturated carbocycles. The molecule has 4 N–H and O–H groups in total. The van der Waals surface area contributed by atoms with E-state index in [1.165, 1.54) is 0 Å². The van der Waals surface area contributed by atoms with Gasteiger partial charge in [0.15, 0.2) is 0 Å². The number of carbonyl (C=O) groups is 1. The van der Waals surface area contributed by atoms with Gasteiger partial charge in [0.2, 0.25) is 5.96 Å². The van der Waals surface area contributed by atoms with Crippen LogP contribution in [0.4, 0.5) is 10.5 Å². The molecular formula is C42H55BCl2N6O6. The summed E-state index contributed by atoms with van der Waals surface area (Å²) in [5, 5.41) is 7.60. The Labute approximate surface area is 347 Å². The molecule has 2 atom stereocenters. The van der Waals surface area contributed by atoms with Crippen molar-refractivity contribution >= 4 is 59.4 Å². The molecule has 15 heteroatoms. The van der Waals surface area contributed by atoms with Gasteiger partial charge in [0.25, 0.3) is 0 Å². The Morgan fingerprint density at radius 3 is 2.09 bits per heavy atom. The van der Waals surface area contributed by atoms with Crippen LogP contribution in [0.25, 0.3) is 11.1 Å². The maximum Gasteiger partial charge on any atom is 0.494 e. The largest absolute Gasteiger partial charge is 0.494 e. The summed E-state index contributed by atoms with van der Waals surface area (Å²) in [5.41, 5.74) is 7.78. The van der Waals surface area contributed by atoms with Gasteiger partial charge in [-0.2, -0.15) is 4.99 Å². The van der Waals surface area contributed by atoms with Crippen LogP contribution in [0.2, 0.25) is 10.0 Å². The molecule has 4 aliphatic rings. The van der Waals surface area contributed by atoms with E-state index in [4.69, 9.17) is 52.5 Å². The summed E-state index contributed by atoms with van der Waals surface area (Å²) >= 11 is 13.0. The minimum Gasteiger partial charge on any atom is -0.489 e. The average Bonchev–Trinajstić information content (AvgIpc) is 3.65. The topological polar surface area (TPSA) is 141 Å². The highest BCUT2D eigenvalue weighted by Crippen LogP contribution is 2.39. The van der Waals surface area contributed by atoms with Gasteiger partial charge in [-0.25, -0.2) is 9.79 Å². The number of halogens is 2. The lowest BCUT2D eigenvalue weighted by Gasteiger charge is -2.34. The van der Waals surface area contributed by atoms with Crippen LogP contribution >= 0.6 is 23.2 Å². The van der Waals surface area contributed by atoms with Crippen LogP contribution in [0.5, 0.6) is 11.5 Å². The van der Waals surface area contributed by atoms with Crippen molar-refractivity contribution in [3.8, 4) is 22.6 Å². The van der Waals surface area contributed by atoms with Crippen molar-refractivity contribution in [2.45, 2.75) is 103 Å². The highest BCUT2D eigenvalue weighted by Gasteiger charge is 2.51. The van der Waals surface area contributed by atoms with E-state index in [9.17, 15) is 4.79 Å². The van der Waals surface area contributed by atoms with E-state index in [1.54, 1.807) is 4.90 Å². The van der Waals surface area contributed by atoms with Crippen LogP contribution in [0.1, 0.15) is 74.1 Å². The number of rotatable bonds is 7. The predicted octanol–water partition coefficient (Wildman–Crippen LogP) is 7.69. The summed E-state index contributed by atoms with van der Waals surface area (Å²) in [6.07, 6.45) is 3.92. The first-order valence-corrected chi connectivity index (χ1v) is 20.4. The number of nitrogens with one attached hydrogen (secondary N) is 2. The quantitative estimate of drug-likeness (QED) is 0.205. The Hall–Kier alpha value is -4.01. The first kappa shape index (κ1) is 42.6. The molecule has 1 amide bonds. The van der Waals surface area contributed by atoms with Crippen molar-refractivity contribution in [2.24, 2.45) is 15.7 Å². The molecule has 0 spiro atoms. The standard InChI is InChI=1S/C22H34BNO5.C20H21Cl2N5O/c1-20(2,3)27-19(25)24-14-8-9-18(15-24)26-17-12-10-16(11-13-17)23-28-21(4,5)22(6,7)29-23;21-16-8-13(26-18-11-25-20(23)27-18)9-17(22)19(16)12-3-5-14(6-4-12)28-15-2-1-7-24-10-15/h10-13,18H,8-9,14-15H2,1-7H3;3-6,8-9,15,24H,1-2,7,10-11H2,(H3,23,25,26,27). The van der Waals surface area contributed by atoms with Gasteiger partial charge >= 0.3 is 13.2 Å². The number of hydrogen-bond donors (Lipinski definition) is 3. The molecule has 3 fully saturated rings. The normalized spacial score (nSPS) is 21.5. The Balaban J connectivity index is 0.000000193. The second kappa shape index (κ2) is 17.9. The second-order valence-electron chi connectivity index (χ2n) is 16.7. The summed E-state index contributed by atoms with van der Waals surface area (Å²) in [6.45, 7) is 17.4. The number of nitrogens with zero attached hydrogens (tertiary/aromatic N) is 3. The van der Waals surface area contributed by atoms with Crippen molar-refractivity contribution in [3.63, 3.8) is 0 Å². The van der Waals surface area contributed by atoms with E-state index in [1.807, 2.05) is 109 Å². The fraction of sp³-hybridized carbons (Fsp3) is 0.500. The zero-order valence-electron chi connectivity index (χ0n) is 34.0. The summed E-state index contributed by atoms with van der Waals surface area (Å²) in [6, 6.07) is 19.3. The fourth-order valence-electron chi connectivity index (χ4n) is 6.73. The molecule has 12 nitrogen and oxygen atoms in total.